The monoisotopic (exact) mass is 462 g/mol. The normalized spacial score (nSPS) is 12.3. The molecule has 11 heteroatoms. The van der Waals surface area contributed by atoms with Gasteiger partial charge in [0.05, 0.1) is 16.3 Å². The molecule has 0 spiro atoms. The average Bonchev–Trinajstić information content (AvgIpc) is 3.04. The summed E-state index contributed by atoms with van der Waals surface area (Å²) in [6.45, 7) is 0. The van der Waals surface area contributed by atoms with E-state index in [-0.39, 0.29) is 22.4 Å². The van der Waals surface area contributed by atoms with E-state index in [1.165, 1.54) is 18.2 Å². The van der Waals surface area contributed by atoms with Crippen LogP contribution in [0.3, 0.4) is 0 Å². The number of rotatable bonds is 4. The molecule has 0 aliphatic rings. The van der Waals surface area contributed by atoms with Gasteiger partial charge < -0.3 is 5.11 Å². The third-order valence-corrected chi connectivity index (χ3v) is 4.80. The van der Waals surface area contributed by atoms with Crippen molar-refractivity contribution in [1.82, 2.24) is 9.78 Å². The molecule has 0 unspecified atom stereocenters. The van der Waals surface area contributed by atoms with Gasteiger partial charge in [-0.05, 0) is 35.9 Å². The van der Waals surface area contributed by atoms with Gasteiger partial charge in [0, 0.05) is 24.6 Å². The maximum absolute atomic E-state index is 13.0. The van der Waals surface area contributed by atoms with E-state index < -0.39 is 46.6 Å². The molecule has 0 saturated heterocycles. The number of phenols is 1. The number of Topliss-reactive ketones (excluding diaryl/α,β-unsaturated/α-hetero) is 1. The quantitative estimate of drug-likeness (QED) is 0.387. The number of aromatic hydroxyl groups is 1. The molecule has 3 aromatic rings. The molecule has 2 aromatic carbocycles. The van der Waals surface area contributed by atoms with Gasteiger partial charge in [-0.1, -0.05) is 23.7 Å². The first-order valence-corrected chi connectivity index (χ1v) is 8.98. The number of carbonyl (C=O) groups is 1. The van der Waals surface area contributed by atoms with Crippen molar-refractivity contribution in [3.05, 3.63) is 69.9 Å². The minimum atomic E-state index is -4.69. The van der Waals surface area contributed by atoms with E-state index in [1.807, 2.05) is 0 Å². The zero-order chi connectivity index (χ0) is 23.1. The van der Waals surface area contributed by atoms with Crippen LogP contribution >= 0.6 is 11.6 Å². The molecule has 0 aliphatic carbocycles. The Morgan fingerprint density at radius 2 is 1.71 bits per heavy atom. The number of hydrogen-bond acceptors (Lipinski definition) is 3. The second kappa shape index (κ2) is 7.92. The summed E-state index contributed by atoms with van der Waals surface area (Å²) in [6.07, 6.45) is -9.73. The van der Waals surface area contributed by atoms with Crippen molar-refractivity contribution in [2.75, 3.05) is 0 Å². The fourth-order valence-electron chi connectivity index (χ4n) is 2.97. The van der Waals surface area contributed by atoms with Crippen molar-refractivity contribution in [2.24, 2.45) is 7.05 Å². The molecule has 0 saturated carbocycles. The lowest BCUT2D eigenvalue weighted by atomic mass is 9.99. The van der Waals surface area contributed by atoms with Crippen molar-refractivity contribution >= 4 is 17.4 Å². The Morgan fingerprint density at radius 3 is 2.26 bits per heavy atom. The van der Waals surface area contributed by atoms with Gasteiger partial charge in [-0.15, -0.1) is 0 Å². The molecule has 1 heterocycles. The zero-order valence-corrected chi connectivity index (χ0v) is 16.4. The molecule has 1 aromatic heterocycles. The summed E-state index contributed by atoms with van der Waals surface area (Å²) in [6, 6.07) is 7.32. The molecule has 0 aliphatic heterocycles. The van der Waals surface area contributed by atoms with Crippen molar-refractivity contribution in [1.29, 1.82) is 0 Å². The highest BCUT2D eigenvalue weighted by Gasteiger charge is 2.35. The van der Waals surface area contributed by atoms with Gasteiger partial charge in [-0.25, -0.2) is 0 Å². The number of ketones is 1. The number of aryl methyl sites for hydroxylation is 1. The Morgan fingerprint density at radius 1 is 1.03 bits per heavy atom. The van der Waals surface area contributed by atoms with Crippen molar-refractivity contribution in [2.45, 2.75) is 18.8 Å². The molecule has 0 bridgehead atoms. The summed E-state index contributed by atoms with van der Waals surface area (Å²) < 4.78 is 78.3. The predicted octanol–water partition coefficient (Wildman–Crippen LogP) is 5.91. The topological polar surface area (TPSA) is 55.1 Å². The predicted molar refractivity (Wildman–Crippen MR) is 99.8 cm³/mol. The van der Waals surface area contributed by atoms with Crippen LogP contribution in [0.1, 0.15) is 27.2 Å². The van der Waals surface area contributed by atoms with Crippen molar-refractivity contribution in [3.63, 3.8) is 0 Å². The second-order valence-corrected chi connectivity index (χ2v) is 7.09. The number of halogens is 7. The Balaban J connectivity index is 1.86. The average molecular weight is 463 g/mol. The van der Waals surface area contributed by atoms with E-state index in [2.05, 4.69) is 5.10 Å². The van der Waals surface area contributed by atoms with Crippen LogP contribution in [0.15, 0.2) is 42.5 Å². The minimum Gasteiger partial charge on any atom is -0.507 e. The van der Waals surface area contributed by atoms with Crippen molar-refractivity contribution < 1.29 is 36.2 Å². The summed E-state index contributed by atoms with van der Waals surface area (Å²) in [7, 11) is 1.10. The van der Waals surface area contributed by atoms with E-state index in [0.717, 1.165) is 31.3 Å². The van der Waals surface area contributed by atoms with E-state index in [1.54, 1.807) is 0 Å². The maximum Gasteiger partial charge on any atom is 0.433 e. The van der Waals surface area contributed by atoms with Crippen LogP contribution in [-0.4, -0.2) is 20.7 Å². The third kappa shape index (κ3) is 4.84. The number of alkyl halides is 6. The summed E-state index contributed by atoms with van der Waals surface area (Å²) in [5, 5.41) is 13.4. The molecule has 0 fully saturated rings. The second-order valence-electron chi connectivity index (χ2n) is 6.68. The molecular weight excluding hydrogens is 450 g/mol. The van der Waals surface area contributed by atoms with Gasteiger partial charge in [0.2, 0.25) is 0 Å². The zero-order valence-electron chi connectivity index (χ0n) is 15.6. The SMILES string of the molecule is Cn1nc(-c2ccc(C(=O)Cc3ccc(Cl)c(C(F)(F)F)c3)cc2O)cc1C(F)(F)F. The third-order valence-electron chi connectivity index (χ3n) is 4.47. The molecular formula is C20H13ClF6N2O2. The van der Waals surface area contributed by atoms with Gasteiger partial charge in [0.25, 0.3) is 0 Å². The Kier molecular flexibility index (Phi) is 5.79. The highest BCUT2D eigenvalue weighted by Crippen LogP contribution is 2.36. The number of nitrogens with zero attached hydrogens (tertiary/aromatic N) is 2. The fraction of sp³-hybridized carbons (Fsp3) is 0.200. The first-order chi connectivity index (χ1) is 14.3. The van der Waals surface area contributed by atoms with Crippen molar-refractivity contribution in [3.8, 4) is 17.0 Å². The first-order valence-electron chi connectivity index (χ1n) is 8.61. The largest absolute Gasteiger partial charge is 0.507 e. The summed E-state index contributed by atoms with van der Waals surface area (Å²) in [5.41, 5.74) is -2.26. The maximum atomic E-state index is 13.0. The Labute approximate surface area is 176 Å². The Hall–Kier alpha value is -3.01. The molecule has 3 rings (SSSR count). The lowest BCUT2D eigenvalue weighted by Crippen LogP contribution is -2.11. The van der Waals surface area contributed by atoms with Crippen LogP contribution < -0.4 is 0 Å². The van der Waals surface area contributed by atoms with E-state index in [0.29, 0.717) is 4.68 Å². The van der Waals surface area contributed by atoms with Gasteiger partial charge >= 0.3 is 12.4 Å². The van der Waals surface area contributed by atoms with Crippen LogP contribution in [0.4, 0.5) is 26.3 Å². The molecule has 1 N–H and O–H groups in total. The summed E-state index contributed by atoms with van der Waals surface area (Å²) >= 11 is 5.56. The number of aromatic nitrogens is 2. The molecule has 0 radical (unpaired) electrons. The number of hydrogen-bond donors (Lipinski definition) is 1. The molecule has 0 amide bonds. The highest BCUT2D eigenvalue weighted by atomic mass is 35.5. The van der Waals surface area contributed by atoms with Crippen LogP contribution in [0.25, 0.3) is 11.3 Å². The van der Waals surface area contributed by atoms with Gasteiger partial charge in [0.1, 0.15) is 11.4 Å². The molecule has 164 valence electrons. The smallest absolute Gasteiger partial charge is 0.433 e. The number of phenolic OH excluding ortho intramolecular Hbond substituents is 1. The number of carbonyl (C=O) groups excluding carboxylic acids is 1. The molecule has 31 heavy (non-hydrogen) atoms. The summed E-state index contributed by atoms with van der Waals surface area (Å²) in [4.78, 5) is 12.5. The fourth-order valence-corrected chi connectivity index (χ4v) is 3.20. The van der Waals surface area contributed by atoms with Crippen LogP contribution in [-0.2, 0) is 25.8 Å². The Bertz CT molecular complexity index is 1150. The summed E-state index contributed by atoms with van der Waals surface area (Å²) in [5.74, 6) is -1.10. The van der Waals surface area contributed by atoms with Crippen LogP contribution in [0.5, 0.6) is 5.75 Å². The molecule has 4 nitrogen and oxygen atoms in total. The minimum absolute atomic E-state index is 0.0308. The standard InChI is InChI=1S/C20H13ClF6N2O2/c1-29-18(20(25,26)27)9-15(28-29)12-4-3-11(8-17(12)31)16(30)7-10-2-5-14(21)13(6-10)19(22,23)24/h2-6,8-9,31H,7H2,1H3. The lowest BCUT2D eigenvalue weighted by molar-refractivity contribution is -0.143. The van der Waals surface area contributed by atoms with E-state index in [9.17, 15) is 36.2 Å². The lowest BCUT2D eigenvalue weighted by Gasteiger charge is -2.11. The van der Waals surface area contributed by atoms with E-state index in [4.69, 9.17) is 11.6 Å². The van der Waals surface area contributed by atoms with Gasteiger partial charge in [0.15, 0.2) is 5.78 Å². The van der Waals surface area contributed by atoms with Gasteiger partial charge in [-0.3, -0.25) is 9.48 Å². The van der Waals surface area contributed by atoms with Crippen LogP contribution in [0.2, 0.25) is 5.02 Å². The first kappa shape index (κ1) is 22.7. The number of benzene rings is 2. The van der Waals surface area contributed by atoms with E-state index >= 15 is 0 Å². The van der Waals surface area contributed by atoms with Crippen LogP contribution in [0, 0.1) is 0 Å². The highest BCUT2D eigenvalue weighted by molar-refractivity contribution is 6.31. The van der Waals surface area contributed by atoms with Gasteiger partial charge in [-0.2, -0.15) is 31.4 Å². The molecule has 0 atom stereocenters.